The van der Waals surface area contributed by atoms with Crippen molar-refractivity contribution in [2.45, 2.75) is 157 Å². The lowest BCUT2D eigenvalue weighted by Gasteiger charge is -2.29. The molecule has 12 nitrogen and oxygen atoms in total. The van der Waals surface area contributed by atoms with Crippen molar-refractivity contribution in [1.82, 2.24) is 20.0 Å². The van der Waals surface area contributed by atoms with E-state index in [0.717, 1.165) is 32.1 Å². The SMILES string of the molecule is CC(CCCCCN(CCCNC(=O)OC(C)(C)C)C(=O)OC(C)(C)C)CCN(CCCN(C)C(=O)OC(C)(C)C)C(=O)OC(C)(C)C. The molecule has 0 saturated carbocycles. The molecule has 0 aliphatic rings. The van der Waals surface area contributed by atoms with Gasteiger partial charge in [0, 0.05) is 46.3 Å². The van der Waals surface area contributed by atoms with Crippen molar-refractivity contribution in [1.29, 1.82) is 0 Å². The lowest BCUT2D eigenvalue weighted by Crippen LogP contribution is -2.40. The van der Waals surface area contributed by atoms with Crippen LogP contribution in [0.1, 0.15) is 135 Å². The summed E-state index contributed by atoms with van der Waals surface area (Å²) in [6.07, 6.45) is 4.24. The molecule has 0 spiro atoms. The zero-order valence-electron chi connectivity index (χ0n) is 32.9. The van der Waals surface area contributed by atoms with Crippen LogP contribution in [-0.4, -0.2) is 108 Å². The van der Waals surface area contributed by atoms with Crippen molar-refractivity contribution in [2.75, 3.05) is 46.3 Å². The molecule has 0 rings (SSSR count). The fourth-order valence-corrected chi connectivity index (χ4v) is 4.44. The van der Waals surface area contributed by atoms with E-state index in [2.05, 4.69) is 12.2 Å². The minimum absolute atomic E-state index is 0.349. The van der Waals surface area contributed by atoms with Crippen LogP contribution < -0.4 is 5.32 Å². The molecular formula is C36H70N4O8. The van der Waals surface area contributed by atoms with E-state index in [0.29, 0.717) is 58.0 Å². The molecule has 4 amide bonds. The van der Waals surface area contributed by atoms with Crippen molar-refractivity contribution in [3.8, 4) is 0 Å². The number of alkyl carbamates (subject to hydrolysis) is 1. The van der Waals surface area contributed by atoms with E-state index in [1.807, 2.05) is 83.1 Å². The van der Waals surface area contributed by atoms with Crippen molar-refractivity contribution in [2.24, 2.45) is 5.92 Å². The Hall–Kier alpha value is -2.92. The summed E-state index contributed by atoms with van der Waals surface area (Å²) in [6, 6.07) is 0. The first-order chi connectivity index (χ1) is 21.8. The van der Waals surface area contributed by atoms with Gasteiger partial charge in [-0.25, -0.2) is 19.2 Å². The van der Waals surface area contributed by atoms with Gasteiger partial charge in [0.25, 0.3) is 0 Å². The number of nitrogens with one attached hydrogen (secondary N) is 1. The van der Waals surface area contributed by atoms with E-state index < -0.39 is 28.5 Å². The normalized spacial score (nSPS) is 12.9. The molecule has 0 radical (unpaired) electrons. The van der Waals surface area contributed by atoms with Crippen LogP contribution in [0.5, 0.6) is 0 Å². The highest BCUT2D eigenvalue weighted by molar-refractivity contribution is 5.69. The fourth-order valence-electron chi connectivity index (χ4n) is 4.44. The number of unbranched alkanes of at least 4 members (excludes halogenated alkanes) is 2. The molecule has 1 N–H and O–H groups in total. The quantitative estimate of drug-likeness (QED) is 0.120. The van der Waals surface area contributed by atoms with E-state index in [4.69, 9.17) is 18.9 Å². The zero-order chi connectivity index (χ0) is 37.3. The van der Waals surface area contributed by atoms with Crippen LogP contribution in [0.3, 0.4) is 0 Å². The minimum Gasteiger partial charge on any atom is -0.444 e. The number of ether oxygens (including phenoxy) is 4. The average molecular weight is 687 g/mol. The van der Waals surface area contributed by atoms with Gasteiger partial charge in [0.15, 0.2) is 0 Å². The van der Waals surface area contributed by atoms with Crippen LogP contribution in [0.15, 0.2) is 0 Å². The van der Waals surface area contributed by atoms with Crippen LogP contribution in [-0.2, 0) is 18.9 Å². The molecule has 0 saturated heterocycles. The van der Waals surface area contributed by atoms with Crippen LogP contribution >= 0.6 is 0 Å². The Morgan fingerprint density at radius 1 is 0.521 bits per heavy atom. The molecule has 0 aromatic heterocycles. The summed E-state index contributed by atoms with van der Waals surface area (Å²) >= 11 is 0. The van der Waals surface area contributed by atoms with E-state index in [9.17, 15) is 19.2 Å². The van der Waals surface area contributed by atoms with Gasteiger partial charge in [0.05, 0.1) is 0 Å². The van der Waals surface area contributed by atoms with Crippen LogP contribution in [0.4, 0.5) is 19.2 Å². The van der Waals surface area contributed by atoms with Gasteiger partial charge in [-0.3, -0.25) is 0 Å². The van der Waals surface area contributed by atoms with Crippen LogP contribution in [0.2, 0.25) is 0 Å². The molecule has 0 bridgehead atoms. The van der Waals surface area contributed by atoms with E-state index in [-0.39, 0.29) is 18.3 Å². The Morgan fingerprint density at radius 2 is 0.958 bits per heavy atom. The van der Waals surface area contributed by atoms with Crippen molar-refractivity contribution in [3.63, 3.8) is 0 Å². The Labute approximate surface area is 291 Å². The van der Waals surface area contributed by atoms with Gasteiger partial charge in [0.1, 0.15) is 22.4 Å². The third-order valence-corrected chi connectivity index (χ3v) is 6.72. The third-order valence-electron chi connectivity index (χ3n) is 6.72. The third kappa shape index (κ3) is 25.1. The van der Waals surface area contributed by atoms with Gasteiger partial charge in [-0.05, 0) is 115 Å². The topological polar surface area (TPSA) is 127 Å². The Balaban J connectivity index is 4.86. The first-order valence-corrected chi connectivity index (χ1v) is 17.6. The number of rotatable bonds is 17. The zero-order valence-corrected chi connectivity index (χ0v) is 32.9. The summed E-state index contributed by atoms with van der Waals surface area (Å²) in [5.74, 6) is 0.389. The lowest BCUT2D eigenvalue weighted by molar-refractivity contribution is 0.0209. The largest absolute Gasteiger partial charge is 0.444 e. The summed E-state index contributed by atoms with van der Waals surface area (Å²) < 4.78 is 22.0. The highest BCUT2D eigenvalue weighted by atomic mass is 16.6. The van der Waals surface area contributed by atoms with E-state index >= 15 is 0 Å². The Bertz CT molecular complexity index is 976. The molecule has 0 aromatic rings. The van der Waals surface area contributed by atoms with Gasteiger partial charge in [-0.2, -0.15) is 0 Å². The number of hydrogen-bond acceptors (Lipinski definition) is 8. The second-order valence-corrected chi connectivity index (χ2v) is 16.7. The second kappa shape index (κ2) is 20.6. The van der Waals surface area contributed by atoms with Gasteiger partial charge in [-0.1, -0.05) is 26.2 Å². The summed E-state index contributed by atoms with van der Waals surface area (Å²) in [5, 5.41) is 2.74. The molecule has 48 heavy (non-hydrogen) atoms. The van der Waals surface area contributed by atoms with Gasteiger partial charge in [-0.15, -0.1) is 0 Å². The first-order valence-electron chi connectivity index (χ1n) is 17.6. The lowest BCUT2D eigenvalue weighted by atomic mass is 9.99. The first kappa shape index (κ1) is 45.1. The fraction of sp³-hybridized carbons (Fsp3) is 0.889. The number of hydrogen-bond donors (Lipinski definition) is 1. The predicted octanol–water partition coefficient (Wildman–Crippen LogP) is 8.22. The highest BCUT2D eigenvalue weighted by Gasteiger charge is 2.25. The van der Waals surface area contributed by atoms with Crippen molar-refractivity contribution >= 4 is 24.4 Å². The average Bonchev–Trinajstić information content (AvgIpc) is 2.87. The smallest absolute Gasteiger partial charge is 0.410 e. The molecule has 0 aromatic carbocycles. The number of carbonyl (C=O) groups excluding carboxylic acids is 4. The number of amides is 4. The van der Waals surface area contributed by atoms with E-state index in [1.54, 1.807) is 16.8 Å². The maximum absolute atomic E-state index is 13.0. The van der Waals surface area contributed by atoms with Crippen LogP contribution in [0.25, 0.3) is 0 Å². The van der Waals surface area contributed by atoms with Crippen LogP contribution in [0, 0.1) is 5.92 Å². The molecule has 1 unspecified atom stereocenters. The molecule has 0 aliphatic carbocycles. The molecule has 0 heterocycles. The van der Waals surface area contributed by atoms with Crippen molar-refractivity contribution < 1.29 is 38.1 Å². The predicted molar refractivity (Wildman–Crippen MR) is 190 cm³/mol. The highest BCUT2D eigenvalue weighted by Crippen LogP contribution is 2.18. The molecule has 282 valence electrons. The maximum atomic E-state index is 13.0. The summed E-state index contributed by atoms with van der Waals surface area (Å²) in [4.78, 5) is 55.1. The summed E-state index contributed by atoms with van der Waals surface area (Å²) in [6.45, 7) is 27.2. The number of carbonyl (C=O) groups is 4. The maximum Gasteiger partial charge on any atom is 0.410 e. The standard InChI is InChI=1S/C36H70N4O8/c1-28(21-27-40(32(44)48-36(11,12)13)26-19-23-38(14)30(42)46-34(5,6)7)20-16-15-17-24-39(31(43)47-35(8,9)10)25-18-22-37-29(41)45-33(2,3)4/h28H,15-27H2,1-14H3,(H,37,41). The van der Waals surface area contributed by atoms with Gasteiger partial charge >= 0.3 is 24.4 Å². The second-order valence-electron chi connectivity index (χ2n) is 16.7. The molecule has 0 aliphatic heterocycles. The monoisotopic (exact) mass is 687 g/mol. The Kier molecular flexibility index (Phi) is 19.3. The van der Waals surface area contributed by atoms with Gasteiger partial charge in [0.2, 0.25) is 0 Å². The Morgan fingerprint density at radius 3 is 1.46 bits per heavy atom. The minimum atomic E-state index is -0.601. The summed E-state index contributed by atoms with van der Waals surface area (Å²) in [5.41, 5.74) is -2.33. The summed E-state index contributed by atoms with van der Waals surface area (Å²) in [7, 11) is 1.70. The molecular weight excluding hydrogens is 616 g/mol. The molecule has 12 heteroatoms. The van der Waals surface area contributed by atoms with E-state index in [1.165, 1.54) is 4.90 Å². The number of nitrogens with zero attached hydrogens (tertiary/aromatic N) is 3. The molecule has 0 fully saturated rings. The van der Waals surface area contributed by atoms with Gasteiger partial charge < -0.3 is 39.0 Å². The molecule has 1 atom stereocenters. The van der Waals surface area contributed by atoms with Crippen molar-refractivity contribution in [3.05, 3.63) is 0 Å².